The maximum atomic E-state index is 11.6. The van der Waals surface area contributed by atoms with Crippen LogP contribution in [0.2, 0.25) is 0 Å². The molecule has 1 aliphatic carbocycles. The summed E-state index contributed by atoms with van der Waals surface area (Å²) in [6.45, 7) is 0.514. The van der Waals surface area contributed by atoms with Crippen molar-refractivity contribution in [1.82, 2.24) is 10.3 Å². The number of hydrogen-bond acceptors (Lipinski definition) is 4. The monoisotopic (exact) mass is 222 g/mol. The standard InChI is InChI=1S/C11H14N2O3/c14-7-11(3-4-11)6-13-10(16)9-8(15)2-1-5-12-9/h1-2,5,14-15H,3-4,6-7H2,(H,13,16). The third kappa shape index (κ3) is 2.14. The number of nitrogens with zero attached hydrogens (tertiary/aromatic N) is 1. The molecule has 0 spiro atoms. The van der Waals surface area contributed by atoms with E-state index in [1.807, 2.05) is 0 Å². The Kier molecular flexibility index (Phi) is 2.78. The van der Waals surface area contributed by atoms with Crippen LogP contribution in [0.4, 0.5) is 0 Å². The fourth-order valence-corrected chi connectivity index (χ4v) is 1.49. The number of rotatable bonds is 4. The predicted molar refractivity (Wildman–Crippen MR) is 57.0 cm³/mol. The largest absolute Gasteiger partial charge is 0.505 e. The SMILES string of the molecule is O=C(NCC1(CO)CC1)c1ncccc1O. The van der Waals surface area contributed by atoms with Gasteiger partial charge in [0.15, 0.2) is 5.69 Å². The van der Waals surface area contributed by atoms with E-state index in [0.717, 1.165) is 12.8 Å². The summed E-state index contributed by atoms with van der Waals surface area (Å²) in [5.74, 6) is -0.535. The van der Waals surface area contributed by atoms with E-state index in [2.05, 4.69) is 10.3 Å². The highest BCUT2D eigenvalue weighted by Gasteiger charge is 2.42. The topological polar surface area (TPSA) is 82.5 Å². The molecule has 0 unspecified atom stereocenters. The zero-order valence-electron chi connectivity index (χ0n) is 8.81. The number of aromatic nitrogens is 1. The van der Waals surface area contributed by atoms with E-state index in [-0.39, 0.29) is 23.5 Å². The highest BCUT2D eigenvalue weighted by molar-refractivity contribution is 5.94. The van der Waals surface area contributed by atoms with E-state index in [1.165, 1.54) is 12.3 Å². The minimum absolute atomic E-state index is 0.0243. The molecule has 86 valence electrons. The van der Waals surface area contributed by atoms with Gasteiger partial charge in [-0.1, -0.05) is 0 Å². The second-order valence-corrected chi connectivity index (χ2v) is 4.21. The molecule has 0 aromatic carbocycles. The average Bonchev–Trinajstić information content (AvgIpc) is 3.07. The Labute approximate surface area is 93.1 Å². The van der Waals surface area contributed by atoms with Crippen molar-refractivity contribution >= 4 is 5.91 Å². The molecule has 1 aromatic heterocycles. The Balaban J connectivity index is 1.96. The molecule has 1 saturated carbocycles. The van der Waals surface area contributed by atoms with Gasteiger partial charge in [-0.05, 0) is 25.0 Å². The first kappa shape index (κ1) is 10.9. The summed E-state index contributed by atoms with van der Waals surface area (Å²) in [4.78, 5) is 15.4. The van der Waals surface area contributed by atoms with Crippen LogP contribution in [0.1, 0.15) is 23.3 Å². The van der Waals surface area contributed by atoms with Crippen LogP contribution >= 0.6 is 0 Å². The Bertz CT molecular complexity index is 402. The first-order valence-corrected chi connectivity index (χ1v) is 5.20. The van der Waals surface area contributed by atoms with Gasteiger partial charge in [-0.3, -0.25) is 4.79 Å². The molecule has 1 aliphatic rings. The molecule has 1 fully saturated rings. The number of carbonyl (C=O) groups excluding carboxylic acids is 1. The molecule has 0 atom stereocenters. The van der Waals surface area contributed by atoms with Crippen molar-refractivity contribution in [3.8, 4) is 5.75 Å². The number of aliphatic hydroxyl groups excluding tert-OH is 1. The molecule has 0 aliphatic heterocycles. The Morgan fingerprint density at radius 3 is 2.88 bits per heavy atom. The second-order valence-electron chi connectivity index (χ2n) is 4.21. The van der Waals surface area contributed by atoms with Gasteiger partial charge in [0.25, 0.3) is 5.91 Å². The van der Waals surface area contributed by atoms with Crippen molar-refractivity contribution < 1.29 is 15.0 Å². The first-order chi connectivity index (χ1) is 7.67. The van der Waals surface area contributed by atoms with Gasteiger partial charge in [-0.25, -0.2) is 4.98 Å². The van der Waals surface area contributed by atoms with Crippen LogP contribution in [0, 0.1) is 5.41 Å². The van der Waals surface area contributed by atoms with Crippen molar-refractivity contribution in [2.45, 2.75) is 12.8 Å². The van der Waals surface area contributed by atoms with Gasteiger partial charge in [0.2, 0.25) is 0 Å². The molecule has 1 aromatic rings. The van der Waals surface area contributed by atoms with Gasteiger partial charge in [0, 0.05) is 18.2 Å². The lowest BCUT2D eigenvalue weighted by molar-refractivity contribution is 0.0927. The van der Waals surface area contributed by atoms with Crippen molar-refractivity contribution in [2.75, 3.05) is 13.2 Å². The van der Waals surface area contributed by atoms with Crippen LogP contribution < -0.4 is 5.32 Å². The minimum atomic E-state index is -0.405. The first-order valence-electron chi connectivity index (χ1n) is 5.20. The van der Waals surface area contributed by atoms with Crippen LogP contribution in [-0.2, 0) is 0 Å². The van der Waals surface area contributed by atoms with E-state index in [0.29, 0.717) is 6.54 Å². The van der Waals surface area contributed by atoms with Crippen LogP contribution in [-0.4, -0.2) is 34.3 Å². The van der Waals surface area contributed by atoms with Crippen LogP contribution in [0.5, 0.6) is 5.75 Å². The molecular formula is C11H14N2O3. The molecular weight excluding hydrogens is 208 g/mol. The highest BCUT2D eigenvalue weighted by atomic mass is 16.3. The number of pyridine rings is 1. The fourth-order valence-electron chi connectivity index (χ4n) is 1.49. The van der Waals surface area contributed by atoms with E-state index in [1.54, 1.807) is 6.07 Å². The van der Waals surface area contributed by atoms with Crippen LogP contribution in [0.3, 0.4) is 0 Å². The smallest absolute Gasteiger partial charge is 0.273 e. The molecule has 0 radical (unpaired) electrons. The molecule has 16 heavy (non-hydrogen) atoms. The predicted octanol–water partition coefficient (Wildman–Crippen LogP) is 0.289. The van der Waals surface area contributed by atoms with Gasteiger partial charge < -0.3 is 15.5 Å². The number of hydrogen-bond donors (Lipinski definition) is 3. The zero-order valence-corrected chi connectivity index (χ0v) is 8.81. The molecule has 1 heterocycles. The summed E-state index contributed by atoms with van der Waals surface area (Å²) in [5.41, 5.74) is -0.115. The molecule has 5 heteroatoms. The van der Waals surface area contributed by atoms with Gasteiger partial charge in [0.1, 0.15) is 5.75 Å². The second kappa shape index (κ2) is 4.09. The Morgan fingerprint density at radius 2 is 2.31 bits per heavy atom. The number of nitrogens with one attached hydrogen (secondary N) is 1. The van der Waals surface area contributed by atoms with Gasteiger partial charge in [-0.2, -0.15) is 0 Å². The number of amides is 1. The number of aromatic hydroxyl groups is 1. The molecule has 5 nitrogen and oxygen atoms in total. The lowest BCUT2D eigenvalue weighted by atomic mass is 10.1. The summed E-state index contributed by atoms with van der Waals surface area (Å²) in [6, 6.07) is 2.98. The molecule has 2 rings (SSSR count). The van der Waals surface area contributed by atoms with E-state index < -0.39 is 5.91 Å². The van der Waals surface area contributed by atoms with E-state index in [4.69, 9.17) is 5.11 Å². The Morgan fingerprint density at radius 1 is 1.56 bits per heavy atom. The van der Waals surface area contributed by atoms with Crippen LogP contribution in [0.25, 0.3) is 0 Å². The third-order valence-electron chi connectivity index (χ3n) is 2.92. The minimum Gasteiger partial charge on any atom is -0.505 e. The average molecular weight is 222 g/mol. The highest BCUT2D eigenvalue weighted by Crippen LogP contribution is 2.44. The van der Waals surface area contributed by atoms with Crippen molar-refractivity contribution in [2.24, 2.45) is 5.41 Å². The van der Waals surface area contributed by atoms with E-state index >= 15 is 0 Å². The molecule has 0 bridgehead atoms. The lowest BCUT2D eigenvalue weighted by Gasteiger charge is -2.12. The maximum Gasteiger partial charge on any atom is 0.273 e. The summed E-state index contributed by atoms with van der Waals surface area (Å²) in [6.07, 6.45) is 3.31. The summed E-state index contributed by atoms with van der Waals surface area (Å²) < 4.78 is 0. The quantitative estimate of drug-likeness (QED) is 0.683. The maximum absolute atomic E-state index is 11.6. The van der Waals surface area contributed by atoms with Gasteiger partial charge >= 0.3 is 0 Å². The van der Waals surface area contributed by atoms with Gasteiger partial charge in [0.05, 0.1) is 6.61 Å². The number of aliphatic hydroxyl groups is 1. The summed E-state index contributed by atoms with van der Waals surface area (Å²) in [5, 5.41) is 21.2. The zero-order chi connectivity index (χ0) is 11.6. The normalized spacial score (nSPS) is 16.8. The van der Waals surface area contributed by atoms with Crippen molar-refractivity contribution in [3.63, 3.8) is 0 Å². The fraction of sp³-hybridized carbons (Fsp3) is 0.455. The van der Waals surface area contributed by atoms with Crippen LogP contribution in [0.15, 0.2) is 18.3 Å². The third-order valence-corrected chi connectivity index (χ3v) is 2.92. The summed E-state index contributed by atoms with van der Waals surface area (Å²) >= 11 is 0. The lowest BCUT2D eigenvalue weighted by Crippen LogP contribution is -2.32. The van der Waals surface area contributed by atoms with Crippen molar-refractivity contribution in [1.29, 1.82) is 0 Å². The van der Waals surface area contributed by atoms with E-state index in [9.17, 15) is 9.90 Å². The molecule has 3 N–H and O–H groups in total. The van der Waals surface area contributed by atoms with Gasteiger partial charge in [-0.15, -0.1) is 0 Å². The van der Waals surface area contributed by atoms with Crippen molar-refractivity contribution in [3.05, 3.63) is 24.0 Å². The Hall–Kier alpha value is -1.62. The molecule has 0 saturated heterocycles. The number of carbonyl (C=O) groups is 1. The summed E-state index contributed by atoms with van der Waals surface area (Å²) in [7, 11) is 0. The molecule has 1 amide bonds.